The SMILES string of the molecule is OC(c1cccc(C2CC2)c1)C1CCCOC1. The fourth-order valence-corrected chi connectivity index (χ4v) is 2.70. The summed E-state index contributed by atoms with van der Waals surface area (Å²) in [5.74, 6) is 1.03. The zero-order valence-corrected chi connectivity index (χ0v) is 10.1. The minimum atomic E-state index is -0.353. The molecule has 1 heterocycles. The summed E-state index contributed by atoms with van der Waals surface area (Å²) < 4.78 is 5.45. The molecule has 0 spiro atoms. The predicted molar refractivity (Wildman–Crippen MR) is 66.9 cm³/mol. The summed E-state index contributed by atoms with van der Waals surface area (Å²) in [5.41, 5.74) is 2.48. The first-order valence-electron chi connectivity index (χ1n) is 6.70. The lowest BCUT2D eigenvalue weighted by molar-refractivity contribution is -0.00998. The van der Waals surface area contributed by atoms with Crippen molar-refractivity contribution in [3.05, 3.63) is 35.4 Å². The highest BCUT2D eigenvalue weighted by atomic mass is 16.5. The third kappa shape index (κ3) is 2.53. The van der Waals surface area contributed by atoms with E-state index in [1.807, 2.05) is 6.07 Å². The van der Waals surface area contributed by atoms with Crippen LogP contribution in [0.5, 0.6) is 0 Å². The van der Waals surface area contributed by atoms with Crippen molar-refractivity contribution in [2.45, 2.75) is 37.7 Å². The van der Waals surface area contributed by atoms with Gasteiger partial charge in [0.25, 0.3) is 0 Å². The van der Waals surface area contributed by atoms with Crippen molar-refractivity contribution in [1.29, 1.82) is 0 Å². The van der Waals surface area contributed by atoms with Gasteiger partial charge in [0.15, 0.2) is 0 Å². The Balaban J connectivity index is 1.74. The van der Waals surface area contributed by atoms with Crippen LogP contribution in [0.3, 0.4) is 0 Å². The number of hydrogen-bond donors (Lipinski definition) is 1. The van der Waals surface area contributed by atoms with Crippen LogP contribution < -0.4 is 0 Å². The van der Waals surface area contributed by atoms with Crippen molar-refractivity contribution >= 4 is 0 Å². The van der Waals surface area contributed by atoms with Gasteiger partial charge in [0.2, 0.25) is 0 Å². The third-order valence-corrected chi connectivity index (χ3v) is 3.94. The summed E-state index contributed by atoms with van der Waals surface area (Å²) in [6, 6.07) is 8.50. The van der Waals surface area contributed by atoms with Gasteiger partial charge >= 0.3 is 0 Å². The quantitative estimate of drug-likeness (QED) is 0.868. The summed E-state index contributed by atoms with van der Waals surface area (Å²) >= 11 is 0. The molecule has 1 saturated heterocycles. The van der Waals surface area contributed by atoms with Gasteiger partial charge in [-0.25, -0.2) is 0 Å². The molecule has 2 nitrogen and oxygen atoms in total. The predicted octanol–water partition coefficient (Wildman–Crippen LogP) is 3.02. The van der Waals surface area contributed by atoms with Crippen molar-refractivity contribution in [2.24, 2.45) is 5.92 Å². The number of rotatable bonds is 3. The van der Waals surface area contributed by atoms with E-state index in [1.54, 1.807) is 0 Å². The van der Waals surface area contributed by atoms with Gasteiger partial charge in [-0.2, -0.15) is 0 Å². The first-order chi connectivity index (χ1) is 8.34. The van der Waals surface area contributed by atoms with E-state index in [-0.39, 0.29) is 12.0 Å². The molecule has 17 heavy (non-hydrogen) atoms. The second-order valence-corrected chi connectivity index (χ2v) is 5.37. The van der Waals surface area contributed by atoms with Crippen molar-refractivity contribution in [3.63, 3.8) is 0 Å². The molecule has 2 unspecified atom stereocenters. The molecule has 2 aliphatic rings. The molecule has 1 aliphatic heterocycles. The molecule has 1 aliphatic carbocycles. The molecule has 2 fully saturated rings. The maximum Gasteiger partial charge on any atom is 0.0840 e. The third-order valence-electron chi connectivity index (χ3n) is 3.94. The Hall–Kier alpha value is -0.860. The zero-order valence-electron chi connectivity index (χ0n) is 10.1. The van der Waals surface area contributed by atoms with Gasteiger partial charge < -0.3 is 9.84 Å². The maximum absolute atomic E-state index is 10.4. The number of ether oxygens (including phenoxy) is 1. The van der Waals surface area contributed by atoms with E-state index in [0.29, 0.717) is 6.61 Å². The standard InChI is InChI=1S/C15H20O2/c16-15(14-5-2-8-17-10-14)13-4-1-3-12(9-13)11-6-7-11/h1,3-4,9,11,14-16H,2,5-8,10H2. The lowest BCUT2D eigenvalue weighted by atomic mass is 9.90. The Morgan fingerprint density at radius 1 is 1.24 bits per heavy atom. The van der Waals surface area contributed by atoms with Crippen LogP contribution in [-0.4, -0.2) is 18.3 Å². The van der Waals surface area contributed by atoms with E-state index < -0.39 is 0 Å². The second-order valence-electron chi connectivity index (χ2n) is 5.37. The highest BCUT2D eigenvalue weighted by molar-refractivity contribution is 5.30. The van der Waals surface area contributed by atoms with E-state index in [4.69, 9.17) is 4.74 Å². The monoisotopic (exact) mass is 232 g/mol. The minimum Gasteiger partial charge on any atom is -0.388 e. The smallest absolute Gasteiger partial charge is 0.0840 e. The van der Waals surface area contributed by atoms with Crippen molar-refractivity contribution in [1.82, 2.24) is 0 Å². The van der Waals surface area contributed by atoms with Crippen LogP contribution in [0.25, 0.3) is 0 Å². The molecular weight excluding hydrogens is 212 g/mol. The highest BCUT2D eigenvalue weighted by Gasteiger charge is 2.27. The molecule has 1 saturated carbocycles. The van der Waals surface area contributed by atoms with Crippen LogP contribution in [0.1, 0.15) is 48.8 Å². The van der Waals surface area contributed by atoms with Crippen molar-refractivity contribution in [3.8, 4) is 0 Å². The van der Waals surface area contributed by atoms with Crippen LogP contribution in [0.2, 0.25) is 0 Å². The molecule has 0 aromatic heterocycles. The second kappa shape index (κ2) is 4.79. The fourth-order valence-electron chi connectivity index (χ4n) is 2.70. The van der Waals surface area contributed by atoms with Crippen LogP contribution >= 0.6 is 0 Å². The number of aliphatic hydroxyl groups excluding tert-OH is 1. The average Bonchev–Trinajstić information content (AvgIpc) is 3.23. The topological polar surface area (TPSA) is 29.5 Å². The Labute approximate surface area is 103 Å². The summed E-state index contributed by atoms with van der Waals surface area (Å²) in [6.07, 6.45) is 4.42. The molecular formula is C15H20O2. The van der Waals surface area contributed by atoms with Gasteiger partial charge in [-0.1, -0.05) is 24.3 Å². The minimum absolute atomic E-state index is 0.276. The summed E-state index contributed by atoms with van der Waals surface area (Å²) in [6.45, 7) is 1.56. The molecule has 1 aromatic rings. The highest BCUT2D eigenvalue weighted by Crippen LogP contribution is 2.41. The van der Waals surface area contributed by atoms with Crippen molar-refractivity contribution < 1.29 is 9.84 Å². The van der Waals surface area contributed by atoms with Crippen LogP contribution in [-0.2, 0) is 4.74 Å². The van der Waals surface area contributed by atoms with E-state index in [2.05, 4.69) is 18.2 Å². The molecule has 1 N–H and O–H groups in total. The van der Waals surface area contributed by atoms with Crippen LogP contribution in [0.4, 0.5) is 0 Å². The summed E-state index contributed by atoms with van der Waals surface area (Å²) in [5, 5.41) is 10.4. The molecule has 0 bridgehead atoms. The molecule has 2 atom stereocenters. The molecule has 1 aromatic carbocycles. The Morgan fingerprint density at radius 3 is 2.82 bits per heavy atom. The van der Waals surface area contributed by atoms with Gasteiger partial charge in [-0.15, -0.1) is 0 Å². The van der Waals surface area contributed by atoms with Gasteiger partial charge in [0.05, 0.1) is 12.7 Å². The lowest BCUT2D eigenvalue weighted by Gasteiger charge is -2.27. The molecule has 0 radical (unpaired) electrons. The van der Waals surface area contributed by atoms with E-state index in [9.17, 15) is 5.11 Å². The van der Waals surface area contributed by atoms with Gasteiger partial charge in [-0.3, -0.25) is 0 Å². The lowest BCUT2D eigenvalue weighted by Crippen LogP contribution is -2.23. The van der Waals surface area contributed by atoms with Gasteiger partial charge in [0.1, 0.15) is 0 Å². The zero-order chi connectivity index (χ0) is 11.7. The summed E-state index contributed by atoms with van der Waals surface area (Å²) in [7, 11) is 0. The van der Waals surface area contributed by atoms with E-state index >= 15 is 0 Å². The molecule has 0 amide bonds. The van der Waals surface area contributed by atoms with Gasteiger partial charge in [0, 0.05) is 12.5 Å². The first kappa shape index (κ1) is 11.2. The van der Waals surface area contributed by atoms with E-state index in [1.165, 1.54) is 18.4 Å². The number of hydrogen-bond acceptors (Lipinski definition) is 2. The number of aliphatic hydroxyl groups is 1. The van der Waals surface area contributed by atoms with Crippen LogP contribution in [0.15, 0.2) is 24.3 Å². The van der Waals surface area contributed by atoms with E-state index in [0.717, 1.165) is 30.9 Å². The number of benzene rings is 1. The maximum atomic E-state index is 10.4. The Morgan fingerprint density at radius 2 is 2.12 bits per heavy atom. The normalized spacial score (nSPS) is 26.8. The van der Waals surface area contributed by atoms with Gasteiger partial charge in [-0.05, 0) is 42.7 Å². The Kier molecular flexibility index (Phi) is 3.17. The Bertz CT molecular complexity index is 378. The average molecular weight is 232 g/mol. The first-order valence-corrected chi connectivity index (χ1v) is 6.70. The van der Waals surface area contributed by atoms with Crippen LogP contribution in [0, 0.1) is 5.92 Å². The van der Waals surface area contributed by atoms with Crippen molar-refractivity contribution in [2.75, 3.05) is 13.2 Å². The molecule has 2 heteroatoms. The summed E-state index contributed by atoms with van der Waals surface area (Å²) in [4.78, 5) is 0. The molecule has 3 rings (SSSR count). The fraction of sp³-hybridized carbons (Fsp3) is 0.600. The molecule has 92 valence electrons. The largest absolute Gasteiger partial charge is 0.388 e.